The fourth-order valence-electron chi connectivity index (χ4n) is 1.01. The van der Waals surface area contributed by atoms with Gasteiger partial charge in [-0.25, -0.2) is 0 Å². The predicted molar refractivity (Wildman–Crippen MR) is 53.3 cm³/mol. The molecule has 0 spiro atoms. The Balaban J connectivity index is 3.33. The minimum Gasteiger partial charge on any atom is -0.250 e. The zero-order chi connectivity index (χ0) is 11.5. The summed E-state index contributed by atoms with van der Waals surface area (Å²) in [5.74, 6) is 0. The van der Waals surface area contributed by atoms with Gasteiger partial charge in [-0.05, 0) is 18.2 Å². The van der Waals surface area contributed by atoms with Crippen molar-refractivity contribution < 1.29 is 13.2 Å². The first kappa shape index (κ1) is 11.6. The number of hydrogen-bond acceptors (Lipinski definition) is 2. The molecule has 15 heavy (non-hydrogen) atoms. The van der Waals surface area contributed by atoms with E-state index in [-0.39, 0.29) is 5.69 Å². The number of hydrogen-bond donors (Lipinski definition) is 1. The number of aliphatic imine (C=N–C) groups is 1. The number of halogens is 3. The van der Waals surface area contributed by atoms with Gasteiger partial charge in [-0.15, -0.1) is 12.6 Å². The molecule has 78 valence electrons. The van der Waals surface area contributed by atoms with Crippen LogP contribution >= 0.6 is 12.6 Å². The zero-order valence-corrected chi connectivity index (χ0v) is 8.18. The third kappa shape index (κ3) is 2.73. The highest BCUT2D eigenvalue weighted by molar-refractivity contribution is 7.94. The van der Waals surface area contributed by atoms with Crippen LogP contribution in [-0.4, -0.2) is 5.55 Å². The molecule has 0 radical (unpaired) electrons. The summed E-state index contributed by atoms with van der Waals surface area (Å²) in [6.45, 7) is 0. The molecule has 1 aromatic carbocycles. The summed E-state index contributed by atoms with van der Waals surface area (Å²) in [6, 6.07) is 4.69. The number of nitrogens with zero attached hydrogens (tertiary/aromatic N) is 2. The Morgan fingerprint density at radius 3 is 2.53 bits per heavy atom. The molecule has 0 aliphatic rings. The van der Waals surface area contributed by atoms with Gasteiger partial charge in [0.2, 0.25) is 0 Å². The third-order valence-corrected chi connectivity index (χ3v) is 1.75. The second kappa shape index (κ2) is 4.36. The van der Waals surface area contributed by atoms with Crippen LogP contribution in [0.25, 0.3) is 0 Å². The molecule has 0 saturated carbocycles. The summed E-state index contributed by atoms with van der Waals surface area (Å²) in [4.78, 5) is 3.59. The van der Waals surface area contributed by atoms with Crippen LogP contribution in [0.4, 0.5) is 18.9 Å². The number of nitriles is 1. The predicted octanol–water partition coefficient (Wildman–Crippen LogP) is 3.17. The Morgan fingerprint density at radius 1 is 1.40 bits per heavy atom. The molecule has 0 amide bonds. The Hall–Kier alpha value is -1.48. The van der Waals surface area contributed by atoms with Crippen molar-refractivity contribution >= 4 is 23.9 Å². The second-order valence-electron chi connectivity index (χ2n) is 2.58. The molecule has 6 heteroatoms. The molecule has 0 aliphatic heterocycles. The van der Waals surface area contributed by atoms with Crippen molar-refractivity contribution in [2.45, 2.75) is 6.18 Å². The minimum absolute atomic E-state index is 0.108. The lowest BCUT2D eigenvalue weighted by atomic mass is 10.1. The number of alkyl halides is 3. The molecule has 0 N–H and O–H groups in total. The van der Waals surface area contributed by atoms with E-state index in [2.05, 4.69) is 17.6 Å². The number of benzene rings is 1. The van der Waals surface area contributed by atoms with E-state index < -0.39 is 17.3 Å². The first-order valence-corrected chi connectivity index (χ1v) is 4.28. The number of thiol groups is 1. The highest BCUT2D eigenvalue weighted by atomic mass is 32.1. The van der Waals surface area contributed by atoms with Gasteiger partial charge in [-0.2, -0.15) is 18.4 Å². The first-order valence-electron chi connectivity index (χ1n) is 3.77. The molecule has 0 aliphatic carbocycles. The highest BCUT2D eigenvalue weighted by Gasteiger charge is 2.33. The molecular weight excluding hydrogens is 225 g/mol. The van der Waals surface area contributed by atoms with Crippen LogP contribution in [0.1, 0.15) is 11.1 Å². The van der Waals surface area contributed by atoms with Crippen molar-refractivity contribution in [3.05, 3.63) is 29.3 Å². The van der Waals surface area contributed by atoms with Crippen molar-refractivity contribution in [2.24, 2.45) is 4.99 Å². The first-order chi connectivity index (χ1) is 6.99. The van der Waals surface area contributed by atoms with Gasteiger partial charge in [0, 0.05) is 0 Å². The quantitative estimate of drug-likeness (QED) is 0.449. The van der Waals surface area contributed by atoms with Crippen LogP contribution in [0.2, 0.25) is 0 Å². The van der Waals surface area contributed by atoms with Gasteiger partial charge < -0.3 is 0 Å². The van der Waals surface area contributed by atoms with Crippen LogP contribution in [0, 0.1) is 11.3 Å². The smallest absolute Gasteiger partial charge is 0.250 e. The fraction of sp³-hybridized carbons (Fsp3) is 0.111. The van der Waals surface area contributed by atoms with Crippen LogP contribution in [0.5, 0.6) is 0 Å². The molecule has 1 rings (SSSR count). The summed E-state index contributed by atoms with van der Waals surface area (Å²) in [7, 11) is 0. The van der Waals surface area contributed by atoms with Crippen molar-refractivity contribution in [1.82, 2.24) is 0 Å². The van der Waals surface area contributed by atoms with E-state index in [4.69, 9.17) is 5.26 Å². The van der Waals surface area contributed by atoms with Crippen molar-refractivity contribution in [3.63, 3.8) is 0 Å². The molecule has 0 heterocycles. The van der Waals surface area contributed by atoms with Crippen LogP contribution < -0.4 is 0 Å². The van der Waals surface area contributed by atoms with E-state index >= 15 is 0 Å². The molecular formula is C9H5F3N2S. The van der Waals surface area contributed by atoms with Crippen LogP contribution in [0.3, 0.4) is 0 Å². The van der Waals surface area contributed by atoms with Crippen molar-refractivity contribution in [3.8, 4) is 6.07 Å². The van der Waals surface area contributed by atoms with Gasteiger partial charge in [0.25, 0.3) is 0 Å². The van der Waals surface area contributed by atoms with Crippen molar-refractivity contribution in [2.75, 3.05) is 0 Å². The lowest BCUT2D eigenvalue weighted by Crippen LogP contribution is -2.07. The second-order valence-corrected chi connectivity index (χ2v) is 2.81. The number of rotatable bonds is 1. The van der Waals surface area contributed by atoms with E-state index in [1.807, 2.05) is 0 Å². The maximum Gasteiger partial charge on any atom is 0.417 e. The molecule has 0 atom stereocenters. The Kier molecular flexibility index (Phi) is 3.37. The maximum atomic E-state index is 12.4. The maximum absolute atomic E-state index is 12.4. The molecule has 0 saturated heterocycles. The van der Waals surface area contributed by atoms with E-state index in [0.29, 0.717) is 0 Å². The Bertz CT molecular complexity index is 432. The summed E-state index contributed by atoms with van der Waals surface area (Å²) < 4.78 is 37.3. The summed E-state index contributed by atoms with van der Waals surface area (Å²) >= 11 is 3.65. The average Bonchev–Trinajstić information content (AvgIpc) is 2.17. The SMILES string of the molecule is N#Cc1ccc(/N=C/S)cc1C(F)(F)F. The molecule has 0 fully saturated rings. The van der Waals surface area contributed by atoms with E-state index in [1.165, 1.54) is 12.1 Å². The monoisotopic (exact) mass is 230 g/mol. The molecule has 0 unspecified atom stereocenters. The minimum atomic E-state index is -4.55. The average molecular weight is 230 g/mol. The molecule has 0 bridgehead atoms. The highest BCUT2D eigenvalue weighted by Crippen LogP contribution is 2.34. The lowest BCUT2D eigenvalue weighted by molar-refractivity contribution is -0.137. The lowest BCUT2D eigenvalue weighted by Gasteiger charge is -2.08. The van der Waals surface area contributed by atoms with Gasteiger partial charge in [-0.1, -0.05) is 0 Å². The van der Waals surface area contributed by atoms with Crippen LogP contribution in [0.15, 0.2) is 23.2 Å². The summed E-state index contributed by atoms with van der Waals surface area (Å²) in [6.07, 6.45) is -4.55. The van der Waals surface area contributed by atoms with Gasteiger partial charge in [0.1, 0.15) is 0 Å². The van der Waals surface area contributed by atoms with Gasteiger partial charge >= 0.3 is 6.18 Å². The molecule has 0 aromatic heterocycles. The Labute approximate surface area is 89.5 Å². The molecule has 1 aromatic rings. The topological polar surface area (TPSA) is 36.1 Å². The molecule has 2 nitrogen and oxygen atoms in total. The van der Waals surface area contributed by atoms with Crippen LogP contribution in [-0.2, 0) is 6.18 Å². The Morgan fingerprint density at radius 2 is 2.07 bits per heavy atom. The van der Waals surface area contributed by atoms with Crippen molar-refractivity contribution in [1.29, 1.82) is 5.26 Å². The zero-order valence-electron chi connectivity index (χ0n) is 7.28. The third-order valence-electron chi connectivity index (χ3n) is 1.64. The van der Waals surface area contributed by atoms with Gasteiger partial charge in [0.05, 0.1) is 28.4 Å². The van der Waals surface area contributed by atoms with Gasteiger partial charge in [0.15, 0.2) is 0 Å². The normalized spacial score (nSPS) is 11.7. The summed E-state index contributed by atoms with van der Waals surface area (Å²) in [5.41, 5.74) is -0.208. The van der Waals surface area contributed by atoms with E-state index in [0.717, 1.165) is 17.7 Å². The van der Waals surface area contributed by atoms with E-state index in [9.17, 15) is 13.2 Å². The largest absolute Gasteiger partial charge is 0.417 e. The van der Waals surface area contributed by atoms with E-state index in [1.54, 1.807) is 0 Å². The summed E-state index contributed by atoms with van der Waals surface area (Å²) in [5, 5.41) is 8.50. The van der Waals surface area contributed by atoms with Gasteiger partial charge in [-0.3, -0.25) is 4.99 Å². The standard InChI is InChI=1S/C9H5F3N2S/c10-9(11,12)8-3-7(14-5-15)2-1-6(8)4-13/h1-3,5H,(H,14,15). The fourth-order valence-corrected chi connectivity index (χ4v) is 1.14.